The lowest BCUT2D eigenvalue weighted by atomic mass is 10.0. The third-order valence-corrected chi connectivity index (χ3v) is 5.30. The Hall–Kier alpha value is -2.16. The van der Waals surface area contributed by atoms with Gasteiger partial charge in [0, 0.05) is 31.7 Å². The minimum Gasteiger partial charge on any atom is -0.491 e. The van der Waals surface area contributed by atoms with Crippen LogP contribution >= 0.6 is 0 Å². The van der Waals surface area contributed by atoms with Crippen molar-refractivity contribution in [1.29, 1.82) is 0 Å². The van der Waals surface area contributed by atoms with Crippen molar-refractivity contribution in [3.05, 3.63) is 59.7 Å². The Morgan fingerprint density at radius 2 is 1.27 bits per heavy atom. The summed E-state index contributed by atoms with van der Waals surface area (Å²) in [5, 5.41) is 26.4. The van der Waals surface area contributed by atoms with Gasteiger partial charge in [0.15, 0.2) is 0 Å². The third kappa shape index (κ3) is 11.5. The summed E-state index contributed by atoms with van der Waals surface area (Å²) in [5.74, 6) is 1.48. The molecule has 184 valence electrons. The van der Waals surface area contributed by atoms with E-state index in [0.717, 1.165) is 24.3 Å². The molecule has 0 saturated carbocycles. The molecule has 0 aliphatic rings. The van der Waals surface area contributed by atoms with Crippen molar-refractivity contribution in [3.63, 3.8) is 0 Å². The van der Waals surface area contributed by atoms with Crippen LogP contribution < -0.4 is 25.8 Å². The van der Waals surface area contributed by atoms with Gasteiger partial charge >= 0.3 is 0 Å². The largest absolute Gasteiger partial charge is 0.491 e. The van der Waals surface area contributed by atoms with Crippen LogP contribution in [-0.2, 0) is 6.42 Å². The summed E-state index contributed by atoms with van der Waals surface area (Å²) in [5.41, 5.74) is 8.01. The van der Waals surface area contributed by atoms with Crippen LogP contribution in [0.5, 0.6) is 11.5 Å². The van der Waals surface area contributed by atoms with Gasteiger partial charge in [0.1, 0.15) is 36.9 Å². The molecule has 2 aromatic carbocycles. The Morgan fingerprint density at radius 1 is 0.788 bits per heavy atom. The van der Waals surface area contributed by atoms with Crippen LogP contribution in [0.3, 0.4) is 0 Å². The van der Waals surface area contributed by atoms with Crippen LogP contribution in [0.15, 0.2) is 48.5 Å². The molecule has 0 spiro atoms. The van der Waals surface area contributed by atoms with Gasteiger partial charge in [-0.05, 0) is 62.1 Å². The smallest absolute Gasteiger partial charge is 0.119 e. The molecule has 7 nitrogen and oxygen atoms in total. The van der Waals surface area contributed by atoms with E-state index in [2.05, 4.69) is 24.5 Å². The second-order valence-corrected chi connectivity index (χ2v) is 8.75. The lowest BCUT2D eigenvalue weighted by Gasteiger charge is -2.16. The van der Waals surface area contributed by atoms with Gasteiger partial charge in [0.2, 0.25) is 0 Å². The van der Waals surface area contributed by atoms with Gasteiger partial charge < -0.3 is 36.1 Å². The maximum Gasteiger partial charge on any atom is 0.119 e. The number of hydrogen-bond donors (Lipinski definition) is 5. The number of aliphatic hydroxyl groups excluding tert-OH is 2. The predicted molar refractivity (Wildman–Crippen MR) is 133 cm³/mol. The predicted octanol–water partition coefficient (Wildman–Crippen LogP) is 2.08. The topological polar surface area (TPSA) is 109 Å². The average Bonchev–Trinajstić information content (AvgIpc) is 2.81. The van der Waals surface area contributed by atoms with Gasteiger partial charge in [0.05, 0.1) is 0 Å². The summed E-state index contributed by atoms with van der Waals surface area (Å²) in [6.45, 7) is 8.26. The highest BCUT2D eigenvalue weighted by Crippen LogP contribution is 2.18. The summed E-state index contributed by atoms with van der Waals surface area (Å²) in [7, 11) is 0. The summed E-state index contributed by atoms with van der Waals surface area (Å²) < 4.78 is 11.4. The molecule has 0 saturated heterocycles. The molecule has 2 rings (SSSR count). The van der Waals surface area contributed by atoms with E-state index in [-0.39, 0.29) is 19.3 Å². The zero-order valence-electron chi connectivity index (χ0n) is 20.2. The number of benzene rings is 2. The first-order valence-electron chi connectivity index (χ1n) is 11.8. The van der Waals surface area contributed by atoms with E-state index >= 15 is 0 Å². The van der Waals surface area contributed by atoms with Crippen molar-refractivity contribution in [1.82, 2.24) is 10.6 Å². The van der Waals surface area contributed by atoms with Gasteiger partial charge in [-0.3, -0.25) is 0 Å². The zero-order valence-corrected chi connectivity index (χ0v) is 20.2. The molecule has 6 N–H and O–H groups in total. The van der Waals surface area contributed by atoms with Crippen LogP contribution in [-0.4, -0.2) is 67.4 Å². The lowest BCUT2D eigenvalue weighted by molar-refractivity contribution is 0.104. The molecule has 33 heavy (non-hydrogen) atoms. The first-order valence-corrected chi connectivity index (χ1v) is 11.8. The lowest BCUT2D eigenvalue weighted by Crippen LogP contribution is -2.37. The van der Waals surface area contributed by atoms with Crippen LogP contribution in [0, 0.1) is 0 Å². The molecule has 4 atom stereocenters. The molecule has 0 amide bonds. The number of ether oxygens (including phenoxy) is 2. The minimum absolute atomic E-state index is 0.0594. The van der Waals surface area contributed by atoms with E-state index in [4.69, 9.17) is 15.2 Å². The molecular weight excluding hydrogens is 418 g/mol. The molecule has 2 aromatic rings. The molecule has 0 aliphatic heterocycles. The van der Waals surface area contributed by atoms with E-state index in [1.54, 1.807) is 0 Å². The highest BCUT2D eigenvalue weighted by molar-refractivity contribution is 5.34. The Morgan fingerprint density at radius 3 is 1.73 bits per heavy atom. The van der Waals surface area contributed by atoms with Crippen molar-refractivity contribution in [2.75, 3.05) is 32.8 Å². The van der Waals surface area contributed by atoms with Crippen molar-refractivity contribution in [3.8, 4) is 11.5 Å². The number of rotatable bonds is 16. The maximum absolute atomic E-state index is 10.0. The summed E-state index contributed by atoms with van der Waals surface area (Å²) >= 11 is 0. The zero-order chi connectivity index (χ0) is 24.1. The average molecular weight is 460 g/mol. The van der Waals surface area contributed by atoms with E-state index in [1.807, 2.05) is 55.5 Å². The minimum atomic E-state index is -0.582. The van der Waals surface area contributed by atoms with Crippen LogP contribution in [0.2, 0.25) is 0 Å². The quantitative estimate of drug-likeness (QED) is 0.261. The molecule has 0 aromatic heterocycles. The van der Waals surface area contributed by atoms with Crippen LogP contribution in [0.1, 0.15) is 38.3 Å². The molecule has 0 radical (unpaired) electrons. The Bertz CT molecular complexity index is 768. The molecule has 0 bridgehead atoms. The fourth-order valence-corrected chi connectivity index (χ4v) is 3.10. The van der Waals surface area contributed by atoms with E-state index in [0.29, 0.717) is 25.7 Å². The Balaban J connectivity index is 1.71. The highest BCUT2D eigenvalue weighted by Gasteiger charge is 2.08. The van der Waals surface area contributed by atoms with E-state index in [1.165, 1.54) is 11.1 Å². The SMILES string of the molecule is CCC(C)NCC(O)COc1ccc(Cc2ccc(OCC(O)CNCC(C)N)cc2)cc1. The Kier molecular flexibility index (Phi) is 12.2. The first-order chi connectivity index (χ1) is 15.9. The van der Waals surface area contributed by atoms with Gasteiger partial charge in [-0.15, -0.1) is 0 Å². The molecule has 0 aliphatic carbocycles. The van der Waals surface area contributed by atoms with Gasteiger partial charge in [-0.25, -0.2) is 0 Å². The second kappa shape index (κ2) is 14.9. The van der Waals surface area contributed by atoms with Crippen molar-refractivity contribution in [2.24, 2.45) is 5.73 Å². The highest BCUT2D eigenvalue weighted by atomic mass is 16.5. The number of nitrogens with two attached hydrogens (primary N) is 1. The first kappa shape index (κ1) is 27.1. The van der Waals surface area contributed by atoms with Gasteiger partial charge in [0.25, 0.3) is 0 Å². The monoisotopic (exact) mass is 459 g/mol. The molecular formula is C26H41N3O4. The van der Waals surface area contributed by atoms with Crippen molar-refractivity contribution < 1.29 is 19.7 Å². The van der Waals surface area contributed by atoms with E-state index < -0.39 is 12.2 Å². The summed E-state index contributed by atoms with van der Waals surface area (Å²) in [4.78, 5) is 0. The summed E-state index contributed by atoms with van der Waals surface area (Å²) in [6.07, 6.45) is 0.708. The second-order valence-electron chi connectivity index (χ2n) is 8.75. The molecule has 0 fully saturated rings. The molecule has 4 unspecified atom stereocenters. The maximum atomic E-state index is 10.0. The summed E-state index contributed by atoms with van der Waals surface area (Å²) in [6, 6.07) is 16.3. The number of aliphatic hydroxyl groups is 2. The molecule has 7 heteroatoms. The van der Waals surface area contributed by atoms with Crippen molar-refractivity contribution in [2.45, 2.75) is 57.9 Å². The fourth-order valence-electron chi connectivity index (χ4n) is 3.10. The third-order valence-electron chi connectivity index (χ3n) is 5.30. The van der Waals surface area contributed by atoms with Gasteiger partial charge in [-0.2, -0.15) is 0 Å². The fraction of sp³-hybridized carbons (Fsp3) is 0.538. The van der Waals surface area contributed by atoms with E-state index in [9.17, 15) is 10.2 Å². The van der Waals surface area contributed by atoms with Crippen LogP contribution in [0.25, 0.3) is 0 Å². The van der Waals surface area contributed by atoms with Gasteiger partial charge in [-0.1, -0.05) is 31.2 Å². The number of hydrogen-bond acceptors (Lipinski definition) is 7. The van der Waals surface area contributed by atoms with Crippen LogP contribution in [0.4, 0.5) is 0 Å². The van der Waals surface area contributed by atoms with Crippen molar-refractivity contribution >= 4 is 0 Å². The Labute approximate surface area is 198 Å². The standard InChI is InChI=1S/C26H41N3O4/c1-4-20(3)29-16-24(31)18-33-26-11-7-22(8-12-26)13-21-5-9-25(10-6-21)32-17-23(30)15-28-14-19(2)27/h5-12,19-20,23-24,28-31H,4,13-18,27H2,1-3H3. The normalized spacial score (nSPS) is 15.0. The number of nitrogens with one attached hydrogen (secondary N) is 2. The molecule has 0 heterocycles.